The average molecular weight is 334 g/mol. The molecule has 1 atom stereocenters. The highest BCUT2D eigenvalue weighted by molar-refractivity contribution is 5.71. The highest BCUT2D eigenvalue weighted by Crippen LogP contribution is 2.37. The van der Waals surface area contributed by atoms with Crippen LogP contribution >= 0.6 is 0 Å². The Morgan fingerprint density at radius 1 is 1.08 bits per heavy atom. The van der Waals surface area contributed by atoms with Crippen LogP contribution in [0.15, 0.2) is 54.6 Å². The maximum atomic E-state index is 13.1. The fourth-order valence-electron chi connectivity index (χ4n) is 3.34. The van der Waals surface area contributed by atoms with Crippen molar-refractivity contribution >= 4 is 23.0 Å². The van der Waals surface area contributed by atoms with E-state index in [0.717, 1.165) is 17.9 Å². The summed E-state index contributed by atoms with van der Waals surface area (Å²) in [7, 11) is 0. The molecule has 0 saturated carbocycles. The second kappa shape index (κ2) is 6.16. The first-order chi connectivity index (χ1) is 12.1. The molecule has 0 spiro atoms. The van der Waals surface area contributed by atoms with Crippen molar-refractivity contribution in [2.75, 3.05) is 10.2 Å². The summed E-state index contributed by atoms with van der Waals surface area (Å²) in [5.41, 5.74) is 3.32. The van der Waals surface area contributed by atoms with Crippen molar-refractivity contribution in [2.45, 2.75) is 26.3 Å². The van der Waals surface area contributed by atoms with Crippen LogP contribution < -0.4 is 10.2 Å². The van der Waals surface area contributed by atoms with Crippen molar-refractivity contribution in [3.05, 3.63) is 71.8 Å². The van der Waals surface area contributed by atoms with E-state index in [4.69, 9.17) is 0 Å². The quantitative estimate of drug-likeness (QED) is 0.750. The molecule has 1 aliphatic rings. The molecular weight excluding hydrogens is 315 g/mol. The molecule has 0 bridgehead atoms. The molecule has 0 aliphatic carbocycles. The van der Waals surface area contributed by atoms with Gasteiger partial charge in [0, 0.05) is 23.5 Å². The Kier molecular flexibility index (Phi) is 3.84. The number of fused-ring (bicyclic) bond motifs is 1. The standard InChI is InChI=1S/C20H19FN4/c1-13-11-15-5-3-4-6-18(15)25(13)20-12-19(22-14(2)23-20)24-17-9-7-16(21)8-10-17/h3-10,12-13H,11H2,1-2H3,(H,22,23,24). The number of nitrogens with zero attached hydrogens (tertiary/aromatic N) is 3. The van der Waals surface area contributed by atoms with Crippen LogP contribution in [0, 0.1) is 12.7 Å². The molecular formula is C20H19FN4. The predicted molar refractivity (Wildman–Crippen MR) is 98.2 cm³/mol. The lowest BCUT2D eigenvalue weighted by atomic mass is 10.1. The highest BCUT2D eigenvalue weighted by Gasteiger charge is 2.28. The molecule has 126 valence electrons. The molecule has 3 aromatic rings. The van der Waals surface area contributed by atoms with Crippen molar-refractivity contribution in [1.29, 1.82) is 0 Å². The average Bonchev–Trinajstić information content (AvgIpc) is 2.92. The summed E-state index contributed by atoms with van der Waals surface area (Å²) in [6.07, 6.45) is 1.000. The summed E-state index contributed by atoms with van der Waals surface area (Å²) >= 11 is 0. The minimum Gasteiger partial charge on any atom is -0.340 e. The van der Waals surface area contributed by atoms with Crippen LogP contribution in [0.2, 0.25) is 0 Å². The topological polar surface area (TPSA) is 41.1 Å². The molecule has 0 radical (unpaired) electrons. The number of nitrogens with one attached hydrogen (secondary N) is 1. The minimum absolute atomic E-state index is 0.257. The molecule has 1 aliphatic heterocycles. The molecule has 2 aromatic carbocycles. The van der Waals surface area contributed by atoms with E-state index in [1.54, 1.807) is 12.1 Å². The zero-order chi connectivity index (χ0) is 17.4. The van der Waals surface area contributed by atoms with Crippen LogP contribution in [0.3, 0.4) is 0 Å². The fraction of sp³-hybridized carbons (Fsp3) is 0.200. The van der Waals surface area contributed by atoms with Gasteiger partial charge in [0.2, 0.25) is 0 Å². The Morgan fingerprint density at radius 2 is 1.84 bits per heavy atom. The van der Waals surface area contributed by atoms with Crippen molar-refractivity contribution in [2.24, 2.45) is 0 Å². The van der Waals surface area contributed by atoms with E-state index in [1.807, 2.05) is 13.0 Å². The Labute approximate surface area is 146 Å². The molecule has 4 rings (SSSR count). The number of anilines is 4. The molecule has 5 heteroatoms. The number of benzene rings is 2. The van der Waals surface area contributed by atoms with Gasteiger partial charge >= 0.3 is 0 Å². The van der Waals surface area contributed by atoms with E-state index in [-0.39, 0.29) is 5.82 Å². The molecule has 25 heavy (non-hydrogen) atoms. The third-order valence-electron chi connectivity index (χ3n) is 4.40. The molecule has 0 fully saturated rings. The number of para-hydroxylation sites is 1. The Balaban J connectivity index is 1.69. The van der Waals surface area contributed by atoms with Crippen LogP contribution in [0.25, 0.3) is 0 Å². The first kappa shape index (κ1) is 15.6. The zero-order valence-electron chi connectivity index (χ0n) is 14.2. The number of aryl methyl sites for hydroxylation is 1. The van der Waals surface area contributed by atoms with Crippen LogP contribution in [-0.4, -0.2) is 16.0 Å². The normalized spacial score (nSPS) is 16.0. The van der Waals surface area contributed by atoms with Gasteiger partial charge in [-0.3, -0.25) is 0 Å². The molecule has 1 N–H and O–H groups in total. The summed E-state index contributed by atoms with van der Waals surface area (Å²) in [5.74, 6) is 2.01. The van der Waals surface area contributed by atoms with Gasteiger partial charge in [0.25, 0.3) is 0 Å². The predicted octanol–water partition coefficient (Wildman–Crippen LogP) is 4.75. The van der Waals surface area contributed by atoms with Crippen LogP contribution in [0.1, 0.15) is 18.3 Å². The second-order valence-corrected chi connectivity index (χ2v) is 6.34. The molecule has 4 nitrogen and oxygen atoms in total. The minimum atomic E-state index is -0.257. The van der Waals surface area contributed by atoms with Gasteiger partial charge in [0.15, 0.2) is 0 Å². The van der Waals surface area contributed by atoms with Gasteiger partial charge in [0.1, 0.15) is 23.3 Å². The van der Waals surface area contributed by atoms with E-state index in [9.17, 15) is 4.39 Å². The van der Waals surface area contributed by atoms with Gasteiger partial charge in [-0.1, -0.05) is 18.2 Å². The summed E-state index contributed by atoms with van der Waals surface area (Å²) in [6.45, 7) is 4.08. The zero-order valence-corrected chi connectivity index (χ0v) is 14.2. The van der Waals surface area contributed by atoms with Gasteiger partial charge < -0.3 is 10.2 Å². The Bertz CT molecular complexity index is 908. The first-order valence-electron chi connectivity index (χ1n) is 8.35. The van der Waals surface area contributed by atoms with E-state index in [0.29, 0.717) is 17.7 Å². The number of aromatic nitrogens is 2. The first-order valence-corrected chi connectivity index (χ1v) is 8.35. The maximum Gasteiger partial charge on any atom is 0.139 e. The monoisotopic (exact) mass is 334 g/mol. The molecule has 0 saturated heterocycles. The molecule has 0 amide bonds. The second-order valence-electron chi connectivity index (χ2n) is 6.34. The largest absolute Gasteiger partial charge is 0.340 e. The van der Waals surface area contributed by atoms with Crippen molar-refractivity contribution in [3.63, 3.8) is 0 Å². The van der Waals surface area contributed by atoms with Crippen LogP contribution in [0.4, 0.5) is 27.4 Å². The van der Waals surface area contributed by atoms with E-state index in [1.165, 1.54) is 23.4 Å². The lowest BCUT2D eigenvalue weighted by molar-refractivity contribution is 0.628. The van der Waals surface area contributed by atoms with E-state index >= 15 is 0 Å². The van der Waals surface area contributed by atoms with Gasteiger partial charge in [-0.25, -0.2) is 14.4 Å². The van der Waals surface area contributed by atoms with Crippen molar-refractivity contribution < 1.29 is 4.39 Å². The number of hydrogen-bond donors (Lipinski definition) is 1. The summed E-state index contributed by atoms with van der Waals surface area (Å²) < 4.78 is 13.1. The van der Waals surface area contributed by atoms with E-state index in [2.05, 4.69) is 51.4 Å². The van der Waals surface area contributed by atoms with Crippen molar-refractivity contribution in [3.8, 4) is 0 Å². The summed E-state index contributed by atoms with van der Waals surface area (Å²) in [5, 5.41) is 3.23. The lowest BCUT2D eigenvalue weighted by Crippen LogP contribution is -2.25. The highest BCUT2D eigenvalue weighted by atomic mass is 19.1. The summed E-state index contributed by atoms with van der Waals surface area (Å²) in [6, 6.07) is 16.9. The van der Waals surface area contributed by atoms with Crippen LogP contribution in [0.5, 0.6) is 0 Å². The number of rotatable bonds is 3. The van der Waals surface area contributed by atoms with Gasteiger partial charge in [-0.2, -0.15) is 0 Å². The molecule has 2 heterocycles. The molecule has 1 unspecified atom stereocenters. The van der Waals surface area contributed by atoms with Crippen LogP contribution in [-0.2, 0) is 6.42 Å². The van der Waals surface area contributed by atoms with E-state index < -0.39 is 0 Å². The Morgan fingerprint density at radius 3 is 2.64 bits per heavy atom. The molecule has 1 aromatic heterocycles. The summed E-state index contributed by atoms with van der Waals surface area (Å²) in [4.78, 5) is 11.3. The lowest BCUT2D eigenvalue weighted by Gasteiger charge is -2.24. The SMILES string of the molecule is Cc1nc(Nc2ccc(F)cc2)cc(N2c3ccccc3CC2C)n1. The third kappa shape index (κ3) is 3.05. The van der Waals surface area contributed by atoms with Crippen molar-refractivity contribution in [1.82, 2.24) is 9.97 Å². The number of halogens is 1. The van der Waals surface area contributed by atoms with Gasteiger partial charge in [0.05, 0.1) is 0 Å². The third-order valence-corrected chi connectivity index (χ3v) is 4.40. The maximum absolute atomic E-state index is 13.1. The Hall–Kier alpha value is -2.95. The van der Waals surface area contributed by atoms with Gasteiger partial charge in [-0.05, 0) is 56.2 Å². The van der Waals surface area contributed by atoms with Gasteiger partial charge in [-0.15, -0.1) is 0 Å². The fourth-order valence-corrected chi connectivity index (χ4v) is 3.34. The number of hydrogen-bond acceptors (Lipinski definition) is 4. The smallest absolute Gasteiger partial charge is 0.139 e.